The van der Waals surface area contributed by atoms with E-state index in [1.165, 1.54) is 6.92 Å². The molecule has 0 atom stereocenters. The number of nitrogens with zero attached hydrogens (tertiary/aromatic N) is 1. The van der Waals surface area contributed by atoms with Crippen LogP contribution in [0.2, 0.25) is 0 Å². The zero-order valence-corrected chi connectivity index (χ0v) is 14.8. The van der Waals surface area contributed by atoms with Crippen molar-refractivity contribution in [2.45, 2.75) is 52.7 Å². The highest BCUT2D eigenvalue weighted by Crippen LogP contribution is 2.38. The van der Waals surface area contributed by atoms with Gasteiger partial charge in [0, 0.05) is 25.4 Å². The summed E-state index contributed by atoms with van der Waals surface area (Å²) in [6.07, 6.45) is 3.76. The molecule has 0 bridgehead atoms. The lowest BCUT2D eigenvalue weighted by Gasteiger charge is -2.32. The third kappa shape index (κ3) is 4.21. The van der Waals surface area contributed by atoms with Crippen LogP contribution in [0, 0.1) is 6.92 Å². The van der Waals surface area contributed by atoms with Crippen molar-refractivity contribution in [3.8, 4) is 0 Å². The van der Waals surface area contributed by atoms with Gasteiger partial charge >= 0.3 is 7.12 Å². The van der Waals surface area contributed by atoms with Gasteiger partial charge in [-0.25, -0.2) is 0 Å². The molecule has 1 aromatic rings. The van der Waals surface area contributed by atoms with Crippen LogP contribution in [-0.2, 0) is 14.1 Å². The van der Waals surface area contributed by atoms with Crippen LogP contribution in [0.4, 0.5) is 0 Å². The van der Waals surface area contributed by atoms with Crippen molar-refractivity contribution < 1.29 is 14.1 Å². The fourth-order valence-corrected chi connectivity index (χ4v) is 2.20. The first-order valence-corrected chi connectivity index (χ1v) is 7.84. The lowest BCUT2D eigenvalue weighted by molar-refractivity contribution is -0.118. The molecule has 1 aliphatic rings. The number of rotatable bonds is 4. The van der Waals surface area contributed by atoms with Crippen LogP contribution in [0.15, 0.2) is 23.8 Å². The molecule has 1 N–H and O–H groups in total. The molecule has 0 saturated carbocycles. The minimum Gasteiger partial charge on any atom is -0.400 e. The van der Waals surface area contributed by atoms with Gasteiger partial charge in [0.2, 0.25) is 5.91 Å². The minimum atomic E-state index is -0.492. The fourth-order valence-electron chi connectivity index (χ4n) is 2.20. The molecule has 0 spiro atoms. The second kappa shape index (κ2) is 6.45. The Morgan fingerprint density at radius 3 is 2.35 bits per heavy atom. The predicted octanol–water partition coefficient (Wildman–Crippen LogP) is 2.54. The molecule has 0 unspecified atom stereocenters. The number of pyridine rings is 1. The summed E-state index contributed by atoms with van der Waals surface area (Å²) in [4.78, 5) is 15.6. The number of carbonyl (C=O) groups excluding carboxylic acids is 1. The first-order valence-electron chi connectivity index (χ1n) is 7.84. The minimum absolute atomic E-state index is 0.0885. The van der Waals surface area contributed by atoms with Crippen LogP contribution in [0.25, 0.3) is 6.08 Å². The Morgan fingerprint density at radius 1 is 1.26 bits per heavy atom. The van der Waals surface area contributed by atoms with Gasteiger partial charge in [0.25, 0.3) is 0 Å². The van der Waals surface area contributed by atoms with E-state index in [1.54, 1.807) is 6.20 Å². The number of carbonyl (C=O) groups is 1. The summed E-state index contributed by atoms with van der Waals surface area (Å²) in [5, 5.41) is 2.82. The summed E-state index contributed by atoms with van der Waals surface area (Å²) < 4.78 is 12.2. The number of nitrogens with one attached hydrogen (secondary N) is 1. The Morgan fingerprint density at radius 2 is 1.87 bits per heavy atom. The molecule has 0 aliphatic carbocycles. The normalized spacial score (nSPS) is 19.7. The summed E-state index contributed by atoms with van der Waals surface area (Å²) in [5.41, 5.74) is 1.94. The Labute approximate surface area is 138 Å². The van der Waals surface area contributed by atoms with Crippen LogP contribution < -0.4 is 5.32 Å². The fraction of sp³-hybridized carbons (Fsp3) is 0.529. The Hall–Kier alpha value is -1.66. The Bertz CT molecular complexity index is 593. The van der Waals surface area contributed by atoms with Crippen molar-refractivity contribution in [1.29, 1.82) is 0 Å². The molecule has 0 aromatic carbocycles. The zero-order valence-electron chi connectivity index (χ0n) is 14.8. The van der Waals surface area contributed by atoms with E-state index in [2.05, 4.69) is 10.3 Å². The van der Waals surface area contributed by atoms with Crippen LogP contribution in [0.1, 0.15) is 45.9 Å². The molecular formula is C17H25BN2O3. The van der Waals surface area contributed by atoms with Crippen molar-refractivity contribution in [3.05, 3.63) is 35.1 Å². The summed E-state index contributed by atoms with van der Waals surface area (Å²) >= 11 is 0. The van der Waals surface area contributed by atoms with Gasteiger partial charge in [-0.2, -0.15) is 0 Å². The summed E-state index contributed by atoms with van der Waals surface area (Å²) in [6.45, 7) is 11.9. The molecule has 23 heavy (non-hydrogen) atoms. The Kier molecular flexibility index (Phi) is 4.97. The van der Waals surface area contributed by atoms with Gasteiger partial charge in [0.15, 0.2) is 0 Å². The summed E-state index contributed by atoms with van der Waals surface area (Å²) in [7, 11) is -0.492. The maximum Gasteiger partial charge on any atom is 0.492 e. The molecule has 0 radical (unpaired) electrons. The lowest BCUT2D eigenvalue weighted by Crippen LogP contribution is -2.41. The van der Waals surface area contributed by atoms with Crippen LogP contribution in [-0.4, -0.2) is 35.8 Å². The Balaban J connectivity index is 2.28. The number of aromatic nitrogens is 1. The average molecular weight is 316 g/mol. The molecule has 1 fully saturated rings. The van der Waals surface area contributed by atoms with E-state index in [0.717, 1.165) is 16.7 Å². The number of aryl methyl sites for hydroxylation is 1. The SMILES string of the molecule is CC(=O)NCC(=Cc1ccc(C)nc1)B1OC(C)(C)C(C)(C)O1. The maximum atomic E-state index is 11.3. The molecule has 6 heteroatoms. The summed E-state index contributed by atoms with van der Waals surface area (Å²) in [6, 6.07) is 3.94. The van der Waals surface area contributed by atoms with Crippen molar-refractivity contribution in [2.24, 2.45) is 0 Å². The van der Waals surface area contributed by atoms with E-state index in [0.29, 0.717) is 6.54 Å². The molecule has 124 valence electrons. The van der Waals surface area contributed by atoms with E-state index in [9.17, 15) is 4.79 Å². The van der Waals surface area contributed by atoms with Crippen molar-refractivity contribution in [3.63, 3.8) is 0 Å². The lowest BCUT2D eigenvalue weighted by atomic mass is 9.77. The monoisotopic (exact) mass is 316 g/mol. The first-order chi connectivity index (χ1) is 10.6. The highest BCUT2D eigenvalue weighted by molar-refractivity contribution is 6.56. The maximum absolute atomic E-state index is 11.3. The highest BCUT2D eigenvalue weighted by Gasteiger charge is 2.52. The van der Waals surface area contributed by atoms with Crippen LogP contribution in [0.5, 0.6) is 0 Å². The second-order valence-electron chi connectivity index (χ2n) is 6.95. The van der Waals surface area contributed by atoms with E-state index < -0.39 is 18.3 Å². The molecule has 2 heterocycles. The topological polar surface area (TPSA) is 60.5 Å². The largest absolute Gasteiger partial charge is 0.492 e. The quantitative estimate of drug-likeness (QED) is 0.867. The van der Waals surface area contributed by atoms with Gasteiger partial charge in [-0.05, 0) is 51.7 Å². The van der Waals surface area contributed by atoms with Crippen LogP contribution >= 0.6 is 0 Å². The molecule has 5 nitrogen and oxygen atoms in total. The molecule has 1 aromatic heterocycles. The number of amides is 1. The standard InChI is InChI=1S/C17H25BN2O3/c1-12-7-8-14(10-19-12)9-15(11-20-13(2)21)18-22-16(3,4)17(5,6)23-18/h7-10H,11H2,1-6H3,(H,20,21). The molecule has 1 amide bonds. The highest BCUT2D eigenvalue weighted by atomic mass is 16.7. The number of hydrogen-bond donors (Lipinski definition) is 1. The summed E-state index contributed by atoms with van der Waals surface area (Å²) in [5.74, 6) is -0.0885. The van der Waals surface area contributed by atoms with Gasteiger partial charge in [-0.15, -0.1) is 0 Å². The second-order valence-corrected chi connectivity index (χ2v) is 6.95. The molecule has 1 aliphatic heterocycles. The van der Waals surface area contributed by atoms with Gasteiger partial charge in [0.1, 0.15) is 0 Å². The van der Waals surface area contributed by atoms with E-state index >= 15 is 0 Å². The third-order valence-corrected chi connectivity index (χ3v) is 4.38. The molecule has 1 saturated heterocycles. The van der Waals surface area contributed by atoms with E-state index in [1.807, 2.05) is 52.8 Å². The van der Waals surface area contributed by atoms with Gasteiger partial charge in [-0.3, -0.25) is 9.78 Å². The van der Waals surface area contributed by atoms with Crippen molar-refractivity contribution in [1.82, 2.24) is 10.3 Å². The van der Waals surface area contributed by atoms with Crippen molar-refractivity contribution >= 4 is 19.1 Å². The third-order valence-electron chi connectivity index (χ3n) is 4.38. The van der Waals surface area contributed by atoms with Gasteiger partial charge in [0.05, 0.1) is 11.2 Å². The van der Waals surface area contributed by atoms with Crippen molar-refractivity contribution in [2.75, 3.05) is 6.54 Å². The predicted molar refractivity (Wildman–Crippen MR) is 91.7 cm³/mol. The average Bonchev–Trinajstić information content (AvgIpc) is 2.65. The smallest absolute Gasteiger partial charge is 0.400 e. The zero-order chi connectivity index (χ0) is 17.3. The number of hydrogen-bond acceptors (Lipinski definition) is 4. The molecular weight excluding hydrogens is 291 g/mol. The van der Waals surface area contributed by atoms with Gasteiger partial charge < -0.3 is 14.6 Å². The van der Waals surface area contributed by atoms with Gasteiger partial charge in [-0.1, -0.05) is 12.1 Å². The van der Waals surface area contributed by atoms with Crippen LogP contribution in [0.3, 0.4) is 0 Å². The van der Waals surface area contributed by atoms with E-state index in [-0.39, 0.29) is 5.91 Å². The first kappa shape index (κ1) is 17.7. The molecule has 2 rings (SSSR count). The van der Waals surface area contributed by atoms with E-state index in [4.69, 9.17) is 9.31 Å².